The highest BCUT2D eigenvalue weighted by Crippen LogP contribution is 2.30. The zero-order valence-corrected chi connectivity index (χ0v) is 10.9. The summed E-state index contributed by atoms with van der Waals surface area (Å²) < 4.78 is 0. The molecule has 3 heteroatoms. The van der Waals surface area contributed by atoms with Gasteiger partial charge in [0.2, 0.25) is 0 Å². The molecule has 0 saturated heterocycles. The topological polar surface area (TPSA) is 30.0 Å². The number of nitrogens with zero attached hydrogens (tertiary/aromatic N) is 1. The van der Waals surface area contributed by atoms with Crippen molar-refractivity contribution >= 4 is 17.4 Å². The maximum absolute atomic E-state index is 12.1. The number of Topliss-reactive ketones (excluding diaryl/α,β-unsaturated/α-hetero) is 1. The number of hydrogen-bond donors (Lipinski definition) is 0. The fourth-order valence-electron chi connectivity index (χ4n) is 2.46. The third-order valence-corrected chi connectivity index (χ3v) is 4.03. The first kappa shape index (κ1) is 12.6. The number of carbonyl (C=O) groups excluding carboxylic acids is 1. The Morgan fingerprint density at radius 2 is 2.12 bits per heavy atom. The van der Waals surface area contributed by atoms with Crippen LogP contribution in [0.5, 0.6) is 0 Å². The molecule has 0 aliphatic heterocycles. The van der Waals surface area contributed by atoms with Gasteiger partial charge in [-0.3, -0.25) is 9.78 Å². The number of hydrogen-bond acceptors (Lipinski definition) is 2. The third kappa shape index (κ3) is 3.29. The summed E-state index contributed by atoms with van der Waals surface area (Å²) in [4.78, 5) is 16.1. The molecule has 1 aliphatic rings. The summed E-state index contributed by atoms with van der Waals surface area (Å²) in [6.45, 7) is 2.26. The normalized spacial score (nSPS) is 24.6. The second-order valence-corrected chi connectivity index (χ2v) is 5.47. The van der Waals surface area contributed by atoms with E-state index in [0.29, 0.717) is 17.2 Å². The average Bonchev–Trinajstić information content (AvgIpc) is 2.33. The number of carbonyl (C=O) groups is 1. The van der Waals surface area contributed by atoms with Crippen molar-refractivity contribution in [2.75, 3.05) is 0 Å². The molecule has 0 N–H and O–H groups in total. The minimum atomic E-state index is 0.246. The molecule has 2 rings (SSSR count). The SMILES string of the molecule is CC1CCC(C(=O)Cc2ccncc2Cl)CC1. The van der Waals surface area contributed by atoms with Crippen LogP contribution in [0.1, 0.15) is 38.2 Å². The molecule has 0 atom stereocenters. The molecule has 92 valence electrons. The van der Waals surface area contributed by atoms with E-state index in [1.807, 2.05) is 6.07 Å². The third-order valence-electron chi connectivity index (χ3n) is 3.69. The smallest absolute Gasteiger partial charge is 0.140 e. The molecular formula is C14H18ClNO. The fourth-order valence-corrected chi connectivity index (χ4v) is 2.65. The Morgan fingerprint density at radius 1 is 1.41 bits per heavy atom. The minimum Gasteiger partial charge on any atom is -0.299 e. The van der Waals surface area contributed by atoms with Gasteiger partial charge >= 0.3 is 0 Å². The van der Waals surface area contributed by atoms with Crippen LogP contribution in [0.3, 0.4) is 0 Å². The zero-order valence-electron chi connectivity index (χ0n) is 10.2. The first-order valence-corrected chi connectivity index (χ1v) is 6.65. The lowest BCUT2D eigenvalue weighted by Crippen LogP contribution is -2.22. The van der Waals surface area contributed by atoms with Crippen LogP contribution in [0.15, 0.2) is 18.5 Å². The highest BCUT2D eigenvalue weighted by Gasteiger charge is 2.24. The Hall–Kier alpha value is -0.890. The molecular weight excluding hydrogens is 234 g/mol. The van der Waals surface area contributed by atoms with E-state index in [0.717, 1.165) is 24.3 Å². The van der Waals surface area contributed by atoms with Crippen molar-refractivity contribution in [3.05, 3.63) is 29.0 Å². The minimum absolute atomic E-state index is 0.246. The number of aromatic nitrogens is 1. The van der Waals surface area contributed by atoms with Gasteiger partial charge < -0.3 is 0 Å². The lowest BCUT2D eigenvalue weighted by Gasteiger charge is -2.25. The molecule has 1 heterocycles. The number of pyridine rings is 1. The average molecular weight is 252 g/mol. The maximum Gasteiger partial charge on any atom is 0.140 e. The van der Waals surface area contributed by atoms with Crippen LogP contribution in [-0.2, 0) is 11.2 Å². The van der Waals surface area contributed by atoms with Gasteiger partial charge in [0.1, 0.15) is 5.78 Å². The maximum atomic E-state index is 12.1. The van der Waals surface area contributed by atoms with Crippen molar-refractivity contribution < 1.29 is 4.79 Å². The number of ketones is 1. The van der Waals surface area contributed by atoms with Gasteiger partial charge in [0.15, 0.2) is 0 Å². The van der Waals surface area contributed by atoms with E-state index in [2.05, 4.69) is 11.9 Å². The summed E-state index contributed by atoms with van der Waals surface area (Å²) in [6.07, 6.45) is 8.21. The van der Waals surface area contributed by atoms with Crippen molar-refractivity contribution in [3.63, 3.8) is 0 Å². The number of halogens is 1. The van der Waals surface area contributed by atoms with Crippen molar-refractivity contribution in [3.8, 4) is 0 Å². The summed E-state index contributed by atoms with van der Waals surface area (Å²) in [6, 6.07) is 1.84. The van der Waals surface area contributed by atoms with Gasteiger partial charge in [-0.1, -0.05) is 31.4 Å². The van der Waals surface area contributed by atoms with Crippen LogP contribution < -0.4 is 0 Å². The Balaban J connectivity index is 1.95. The van der Waals surface area contributed by atoms with Crippen molar-refractivity contribution in [2.45, 2.75) is 39.0 Å². The van der Waals surface area contributed by atoms with E-state index in [-0.39, 0.29) is 5.92 Å². The molecule has 1 aromatic heterocycles. The Labute approximate surface area is 107 Å². The highest BCUT2D eigenvalue weighted by molar-refractivity contribution is 6.31. The van der Waals surface area contributed by atoms with Gasteiger partial charge in [0.05, 0.1) is 5.02 Å². The van der Waals surface area contributed by atoms with E-state index in [1.54, 1.807) is 12.4 Å². The summed E-state index contributed by atoms with van der Waals surface area (Å²) in [7, 11) is 0. The van der Waals surface area contributed by atoms with E-state index >= 15 is 0 Å². The molecule has 1 fully saturated rings. The molecule has 0 amide bonds. The zero-order chi connectivity index (χ0) is 12.3. The fraction of sp³-hybridized carbons (Fsp3) is 0.571. The van der Waals surface area contributed by atoms with Crippen LogP contribution in [0, 0.1) is 11.8 Å². The van der Waals surface area contributed by atoms with Crippen LogP contribution in [0.25, 0.3) is 0 Å². The molecule has 1 saturated carbocycles. The molecule has 17 heavy (non-hydrogen) atoms. The van der Waals surface area contributed by atoms with Gasteiger partial charge in [-0.05, 0) is 30.4 Å². The van der Waals surface area contributed by atoms with E-state index < -0.39 is 0 Å². The van der Waals surface area contributed by atoms with Crippen molar-refractivity contribution in [2.24, 2.45) is 11.8 Å². The van der Waals surface area contributed by atoms with Crippen molar-refractivity contribution in [1.29, 1.82) is 0 Å². The highest BCUT2D eigenvalue weighted by atomic mass is 35.5. The predicted molar refractivity (Wildman–Crippen MR) is 69.1 cm³/mol. The second-order valence-electron chi connectivity index (χ2n) is 5.07. The van der Waals surface area contributed by atoms with Gasteiger partial charge in [-0.25, -0.2) is 0 Å². The Bertz CT molecular complexity index is 397. The summed E-state index contributed by atoms with van der Waals surface area (Å²) in [5, 5.41) is 0.602. The van der Waals surface area contributed by atoms with Gasteiger partial charge in [-0.15, -0.1) is 0 Å². The second kappa shape index (κ2) is 5.63. The molecule has 0 aromatic carbocycles. The molecule has 0 bridgehead atoms. The Kier molecular flexibility index (Phi) is 4.16. The van der Waals surface area contributed by atoms with Crippen LogP contribution >= 0.6 is 11.6 Å². The molecule has 1 aliphatic carbocycles. The van der Waals surface area contributed by atoms with Crippen LogP contribution in [-0.4, -0.2) is 10.8 Å². The van der Waals surface area contributed by atoms with E-state index in [1.165, 1.54) is 12.8 Å². The lowest BCUT2D eigenvalue weighted by atomic mass is 9.80. The van der Waals surface area contributed by atoms with E-state index in [9.17, 15) is 4.79 Å². The van der Waals surface area contributed by atoms with E-state index in [4.69, 9.17) is 11.6 Å². The molecule has 0 spiro atoms. The predicted octanol–water partition coefficient (Wildman–Crippen LogP) is 3.67. The summed E-state index contributed by atoms with van der Waals surface area (Å²) in [5.41, 5.74) is 0.908. The lowest BCUT2D eigenvalue weighted by molar-refractivity contribution is -0.123. The summed E-state index contributed by atoms with van der Waals surface area (Å²) in [5.74, 6) is 1.36. The standard InChI is InChI=1S/C14H18ClNO/c1-10-2-4-11(5-3-10)14(17)8-12-6-7-16-9-13(12)15/h6-7,9-11H,2-5,8H2,1H3. The molecule has 1 aromatic rings. The molecule has 0 unspecified atom stereocenters. The summed E-state index contributed by atoms with van der Waals surface area (Å²) >= 11 is 6.02. The molecule has 2 nitrogen and oxygen atoms in total. The van der Waals surface area contributed by atoms with Gasteiger partial charge in [0.25, 0.3) is 0 Å². The Morgan fingerprint density at radius 3 is 2.76 bits per heavy atom. The van der Waals surface area contributed by atoms with Gasteiger partial charge in [-0.2, -0.15) is 0 Å². The largest absolute Gasteiger partial charge is 0.299 e. The van der Waals surface area contributed by atoms with Gasteiger partial charge in [0, 0.05) is 24.7 Å². The van der Waals surface area contributed by atoms with Crippen LogP contribution in [0.4, 0.5) is 0 Å². The first-order valence-electron chi connectivity index (χ1n) is 6.28. The monoisotopic (exact) mass is 251 g/mol. The number of rotatable bonds is 3. The van der Waals surface area contributed by atoms with Crippen molar-refractivity contribution in [1.82, 2.24) is 4.98 Å². The first-order chi connectivity index (χ1) is 8.16. The quantitative estimate of drug-likeness (QED) is 0.820. The molecule has 0 radical (unpaired) electrons. The van der Waals surface area contributed by atoms with Crippen LogP contribution in [0.2, 0.25) is 5.02 Å².